The van der Waals surface area contributed by atoms with Crippen molar-refractivity contribution in [1.29, 1.82) is 0 Å². The Morgan fingerprint density at radius 3 is 2.88 bits per heavy atom. The highest BCUT2D eigenvalue weighted by Gasteiger charge is 1.95. The number of oxime groups is 1. The topological polar surface area (TPSA) is 68.1 Å². The Morgan fingerprint density at radius 1 is 1.25 bits per heavy atom. The van der Waals surface area contributed by atoms with Crippen LogP contribution in [0.3, 0.4) is 0 Å². The van der Waals surface area contributed by atoms with Gasteiger partial charge in [-0.05, 0) is 35.9 Å². The monoisotopic (exact) mass is 343 g/mol. The van der Waals surface area contributed by atoms with E-state index in [0.717, 1.165) is 11.1 Å². The Hall–Kier alpha value is -2.97. The number of carboxylic acids is 1. The number of benzene rings is 2. The van der Waals surface area contributed by atoms with E-state index in [4.69, 9.17) is 21.4 Å². The largest absolute Gasteiger partial charge is 0.481 e. The van der Waals surface area contributed by atoms with E-state index < -0.39 is 12.6 Å². The van der Waals surface area contributed by atoms with Crippen LogP contribution in [0.15, 0.2) is 53.7 Å². The Balaban J connectivity index is 1.89. The highest BCUT2D eigenvalue weighted by molar-refractivity contribution is 6.30. The normalized spacial score (nSPS) is 10.0. The summed E-state index contributed by atoms with van der Waals surface area (Å²) < 4.78 is 5.48. The molecule has 0 saturated carbocycles. The second kappa shape index (κ2) is 9.23. The molecule has 2 aromatic rings. The number of nitrogens with zero attached hydrogens (tertiary/aromatic N) is 1. The second-order valence-electron chi connectivity index (χ2n) is 4.57. The third-order valence-electron chi connectivity index (χ3n) is 2.69. The van der Waals surface area contributed by atoms with E-state index in [1.54, 1.807) is 30.3 Å². The SMILES string of the molecule is O=C(O)CON=Cc1cccc(C#CCOc2cccc(Cl)c2)c1. The van der Waals surface area contributed by atoms with E-state index in [1.807, 2.05) is 18.2 Å². The lowest BCUT2D eigenvalue weighted by molar-refractivity contribution is -0.142. The maximum atomic E-state index is 10.3. The zero-order valence-corrected chi connectivity index (χ0v) is 13.4. The van der Waals surface area contributed by atoms with Crippen LogP contribution < -0.4 is 4.74 Å². The zero-order chi connectivity index (χ0) is 17.2. The van der Waals surface area contributed by atoms with Crippen LogP contribution >= 0.6 is 11.6 Å². The number of hydrogen-bond donors (Lipinski definition) is 1. The van der Waals surface area contributed by atoms with Crippen LogP contribution in [0.4, 0.5) is 0 Å². The summed E-state index contributed by atoms with van der Waals surface area (Å²) in [6.07, 6.45) is 1.43. The minimum absolute atomic E-state index is 0.236. The quantitative estimate of drug-likeness (QED) is 0.497. The smallest absolute Gasteiger partial charge is 0.344 e. The highest BCUT2D eigenvalue weighted by atomic mass is 35.5. The van der Waals surface area contributed by atoms with E-state index in [0.29, 0.717) is 10.8 Å². The molecule has 24 heavy (non-hydrogen) atoms. The number of carbonyl (C=O) groups is 1. The van der Waals surface area contributed by atoms with Crippen molar-refractivity contribution in [2.24, 2.45) is 5.16 Å². The first-order valence-corrected chi connectivity index (χ1v) is 7.36. The molecule has 0 atom stereocenters. The van der Waals surface area contributed by atoms with Gasteiger partial charge in [0.15, 0.2) is 0 Å². The molecule has 0 aromatic heterocycles. The second-order valence-corrected chi connectivity index (χ2v) is 5.01. The summed E-state index contributed by atoms with van der Waals surface area (Å²) in [6.45, 7) is -0.239. The van der Waals surface area contributed by atoms with Gasteiger partial charge in [-0.2, -0.15) is 0 Å². The van der Waals surface area contributed by atoms with Crippen LogP contribution in [-0.2, 0) is 9.63 Å². The van der Waals surface area contributed by atoms with Crippen molar-refractivity contribution in [3.8, 4) is 17.6 Å². The molecule has 1 N–H and O–H groups in total. The number of ether oxygens (including phenoxy) is 1. The van der Waals surface area contributed by atoms with E-state index in [9.17, 15) is 4.79 Å². The lowest BCUT2D eigenvalue weighted by Gasteiger charge is -2.01. The molecule has 2 rings (SSSR count). The molecule has 6 heteroatoms. The molecule has 0 aliphatic heterocycles. The Bertz CT molecular complexity index is 793. The van der Waals surface area contributed by atoms with E-state index in [2.05, 4.69) is 21.8 Å². The average Bonchev–Trinajstić information content (AvgIpc) is 2.56. The van der Waals surface area contributed by atoms with Crippen molar-refractivity contribution < 1.29 is 19.5 Å². The van der Waals surface area contributed by atoms with Gasteiger partial charge in [0.1, 0.15) is 12.4 Å². The molecule has 0 aliphatic rings. The average molecular weight is 344 g/mol. The first kappa shape index (κ1) is 17.4. The number of carboxylic acid groups (broad SMARTS) is 1. The van der Waals surface area contributed by atoms with Gasteiger partial charge in [-0.25, -0.2) is 4.79 Å². The molecule has 0 bridgehead atoms. The molecular weight excluding hydrogens is 330 g/mol. The predicted octanol–water partition coefficient (Wildman–Crippen LogP) is 3.21. The van der Waals surface area contributed by atoms with Crippen LogP contribution in [0.2, 0.25) is 5.02 Å². The molecular formula is C18H14ClNO4. The number of hydrogen-bond acceptors (Lipinski definition) is 4. The van der Waals surface area contributed by atoms with Crippen molar-refractivity contribution in [1.82, 2.24) is 0 Å². The molecule has 0 saturated heterocycles. The fourth-order valence-electron chi connectivity index (χ4n) is 1.70. The summed E-state index contributed by atoms with van der Waals surface area (Å²) in [4.78, 5) is 14.9. The van der Waals surface area contributed by atoms with Crippen molar-refractivity contribution in [3.05, 3.63) is 64.7 Å². The molecule has 0 unspecified atom stereocenters. The first-order valence-electron chi connectivity index (χ1n) is 6.98. The van der Waals surface area contributed by atoms with Crippen molar-refractivity contribution in [2.45, 2.75) is 0 Å². The van der Waals surface area contributed by atoms with Crippen molar-refractivity contribution in [3.63, 3.8) is 0 Å². The van der Waals surface area contributed by atoms with Crippen LogP contribution in [-0.4, -0.2) is 30.5 Å². The molecule has 0 spiro atoms. The maximum absolute atomic E-state index is 10.3. The Morgan fingerprint density at radius 2 is 2.08 bits per heavy atom. The predicted molar refractivity (Wildman–Crippen MR) is 91.4 cm³/mol. The van der Waals surface area contributed by atoms with Gasteiger partial charge in [-0.1, -0.05) is 46.8 Å². The van der Waals surface area contributed by atoms with Crippen LogP contribution in [0.25, 0.3) is 0 Å². The fraction of sp³-hybridized carbons (Fsp3) is 0.111. The highest BCUT2D eigenvalue weighted by Crippen LogP contribution is 2.16. The van der Waals surface area contributed by atoms with Crippen molar-refractivity contribution >= 4 is 23.8 Å². The minimum Gasteiger partial charge on any atom is -0.481 e. The van der Waals surface area contributed by atoms with Gasteiger partial charge in [0.2, 0.25) is 6.61 Å². The summed E-state index contributed by atoms with van der Waals surface area (Å²) in [7, 11) is 0. The van der Waals surface area contributed by atoms with Gasteiger partial charge in [0.05, 0.1) is 6.21 Å². The number of halogens is 1. The van der Waals surface area contributed by atoms with E-state index >= 15 is 0 Å². The lowest BCUT2D eigenvalue weighted by Crippen LogP contribution is -2.03. The standard InChI is InChI=1S/C18H14ClNO4/c19-16-7-2-8-17(11-16)23-9-3-6-14-4-1-5-15(10-14)12-20-24-13-18(21)22/h1-2,4-5,7-8,10-12H,9,13H2,(H,21,22). The van der Waals surface area contributed by atoms with Gasteiger partial charge in [-0.15, -0.1) is 0 Å². The van der Waals surface area contributed by atoms with Gasteiger partial charge in [0.25, 0.3) is 0 Å². The molecule has 5 nitrogen and oxygen atoms in total. The molecule has 122 valence electrons. The van der Waals surface area contributed by atoms with Crippen LogP contribution in [0.1, 0.15) is 11.1 Å². The summed E-state index contributed by atoms with van der Waals surface area (Å²) in [5.41, 5.74) is 1.54. The molecule has 2 aromatic carbocycles. The Kier molecular flexibility index (Phi) is 6.69. The Labute approximate surface area is 144 Å². The molecule has 0 amide bonds. The lowest BCUT2D eigenvalue weighted by atomic mass is 10.1. The molecule has 0 heterocycles. The summed E-state index contributed by atoms with van der Waals surface area (Å²) in [5, 5.41) is 12.6. The molecule has 0 aliphatic carbocycles. The number of rotatable bonds is 6. The summed E-state index contributed by atoms with van der Waals surface area (Å²) in [6, 6.07) is 14.4. The summed E-state index contributed by atoms with van der Waals surface area (Å²) in [5.74, 6) is 5.47. The first-order chi connectivity index (χ1) is 11.6. The summed E-state index contributed by atoms with van der Waals surface area (Å²) >= 11 is 5.87. The molecule has 0 fully saturated rings. The molecule has 0 radical (unpaired) electrons. The third kappa shape index (κ3) is 6.42. The van der Waals surface area contributed by atoms with Crippen LogP contribution in [0, 0.1) is 11.8 Å². The van der Waals surface area contributed by atoms with Gasteiger partial charge in [0, 0.05) is 10.6 Å². The maximum Gasteiger partial charge on any atom is 0.344 e. The minimum atomic E-state index is -1.08. The van der Waals surface area contributed by atoms with Crippen LogP contribution in [0.5, 0.6) is 5.75 Å². The number of aliphatic carboxylic acids is 1. The third-order valence-corrected chi connectivity index (χ3v) is 2.93. The van der Waals surface area contributed by atoms with Gasteiger partial charge < -0.3 is 14.7 Å². The van der Waals surface area contributed by atoms with Crippen molar-refractivity contribution in [2.75, 3.05) is 13.2 Å². The fourth-order valence-corrected chi connectivity index (χ4v) is 1.88. The van der Waals surface area contributed by atoms with Gasteiger partial charge >= 0.3 is 5.97 Å². The zero-order valence-electron chi connectivity index (χ0n) is 12.6. The van der Waals surface area contributed by atoms with Gasteiger partial charge in [-0.3, -0.25) is 0 Å². The van der Waals surface area contributed by atoms with E-state index in [-0.39, 0.29) is 6.61 Å². The van der Waals surface area contributed by atoms with E-state index in [1.165, 1.54) is 6.21 Å².